The lowest BCUT2D eigenvalue weighted by molar-refractivity contribution is -0.131. The molecule has 1 aromatic heterocycles. The van der Waals surface area contributed by atoms with Crippen LogP contribution in [0.15, 0.2) is 47.3 Å². The minimum absolute atomic E-state index is 0.00619. The predicted molar refractivity (Wildman–Crippen MR) is 190 cm³/mol. The largest absolute Gasteiger partial charge is 0.444 e. The van der Waals surface area contributed by atoms with Gasteiger partial charge in [0.05, 0.1) is 16.8 Å². The Kier molecular flexibility index (Phi) is 11.1. The number of piperidine rings is 1. The van der Waals surface area contributed by atoms with Gasteiger partial charge in [0.15, 0.2) is 8.32 Å². The molecule has 1 aliphatic heterocycles. The Morgan fingerprint density at radius 1 is 1.02 bits per heavy atom. The molecule has 2 aromatic carbocycles. The summed E-state index contributed by atoms with van der Waals surface area (Å²) in [5, 5.41) is 2.89. The van der Waals surface area contributed by atoms with Crippen LogP contribution in [-0.4, -0.2) is 66.5 Å². The molecule has 47 heavy (non-hydrogen) atoms. The smallest absolute Gasteiger partial charge is 0.410 e. The number of thiazole rings is 1. The number of aromatic nitrogens is 1. The molecule has 3 aromatic rings. The van der Waals surface area contributed by atoms with Gasteiger partial charge in [0.1, 0.15) is 17.7 Å². The minimum atomic E-state index is -1.91. The van der Waals surface area contributed by atoms with Gasteiger partial charge in [0.2, 0.25) is 11.8 Å². The quantitative estimate of drug-likeness (QED) is 0.250. The maximum absolute atomic E-state index is 13.3. The standard InChI is InChI=1S/C35H50N4O6SSi/c1-34(2,3)45-32(42)38-18-10-9-11-28(38)31(41)37-26(30(36)40)21-23-12-14-24(15-13-23)25-16-17-27-29(22-25)46-33(43)39(27)19-20-44-47(7,8)35(4,5)6/h12-17,22,26,28H,9-11,18-21H2,1-8H3,(H2,36,40)(H,37,41)/t26-,28-/m0/s1. The van der Waals surface area contributed by atoms with Gasteiger partial charge in [-0.2, -0.15) is 0 Å². The molecule has 256 valence electrons. The Morgan fingerprint density at radius 2 is 1.68 bits per heavy atom. The van der Waals surface area contributed by atoms with Crippen molar-refractivity contribution in [3.63, 3.8) is 0 Å². The number of carbonyl (C=O) groups excluding carboxylic acids is 3. The summed E-state index contributed by atoms with van der Waals surface area (Å²) in [5.41, 5.74) is 8.66. The highest BCUT2D eigenvalue weighted by molar-refractivity contribution is 7.16. The number of amides is 3. The topological polar surface area (TPSA) is 133 Å². The van der Waals surface area contributed by atoms with E-state index in [0.29, 0.717) is 26.1 Å². The van der Waals surface area contributed by atoms with E-state index in [9.17, 15) is 19.2 Å². The fourth-order valence-corrected chi connectivity index (χ4v) is 7.36. The maximum atomic E-state index is 13.3. The van der Waals surface area contributed by atoms with Crippen molar-refractivity contribution >= 4 is 47.8 Å². The normalized spacial score (nSPS) is 16.6. The zero-order chi connectivity index (χ0) is 34.7. The van der Waals surface area contributed by atoms with E-state index in [0.717, 1.165) is 39.7 Å². The summed E-state index contributed by atoms with van der Waals surface area (Å²) in [6, 6.07) is 12.0. The maximum Gasteiger partial charge on any atom is 0.410 e. The number of hydrogen-bond donors (Lipinski definition) is 2. The van der Waals surface area contributed by atoms with Crippen molar-refractivity contribution in [2.45, 2.75) is 110 Å². The Bertz CT molecular complexity index is 1650. The average molecular weight is 683 g/mol. The third kappa shape index (κ3) is 9.11. The molecule has 0 radical (unpaired) electrons. The van der Waals surface area contributed by atoms with Crippen LogP contribution in [-0.2, 0) is 31.7 Å². The molecule has 0 aliphatic carbocycles. The van der Waals surface area contributed by atoms with Crippen molar-refractivity contribution in [3.8, 4) is 11.1 Å². The fourth-order valence-electron chi connectivity index (χ4n) is 5.37. The van der Waals surface area contributed by atoms with Crippen LogP contribution < -0.4 is 15.9 Å². The number of benzene rings is 2. The van der Waals surface area contributed by atoms with Gasteiger partial charge < -0.3 is 20.2 Å². The Hall–Kier alpha value is -3.48. The first-order chi connectivity index (χ1) is 21.9. The van der Waals surface area contributed by atoms with E-state index >= 15 is 0 Å². The van der Waals surface area contributed by atoms with E-state index in [-0.39, 0.29) is 16.3 Å². The zero-order valence-electron chi connectivity index (χ0n) is 29.0. The first-order valence-corrected chi connectivity index (χ1v) is 20.0. The number of nitrogens with zero attached hydrogens (tertiary/aromatic N) is 2. The molecule has 2 heterocycles. The molecule has 10 nitrogen and oxygen atoms in total. The van der Waals surface area contributed by atoms with Crippen LogP contribution in [0, 0.1) is 0 Å². The van der Waals surface area contributed by atoms with E-state index in [1.807, 2.05) is 42.5 Å². The van der Waals surface area contributed by atoms with Crippen molar-refractivity contribution in [1.29, 1.82) is 0 Å². The highest BCUT2D eigenvalue weighted by Gasteiger charge is 2.37. The molecule has 3 N–H and O–H groups in total. The van der Waals surface area contributed by atoms with Crippen molar-refractivity contribution in [2.75, 3.05) is 13.2 Å². The van der Waals surface area contributed by atoms with Crippen LogP contribution >= 0.6 is 11.3 Å². The molecular formula is C35H50N4O6SSi. The van der Waals surface area contributed by atoms with Gasteiger partial charge in [-0.3, -0.25) is 23.9 Å². The minimum Gasteiger partial charge on any atom is -0.444 e. The molecular weight excluding hydrogens is 633 g/mol. The van der Waals surface area contributed by atoms with Crippen LogP contribution in [0.1, 0.15) is 66.4 Å². The molecule has 1 saturated heterocycles. The highest BCUT2D eigenvalue weighted by atomic mass is 32.1. The number of nitrogens with two attached hydrogens (primary N) is 1. The SMILES string of the molecule is CC(C)(C)OC(=O)N1CCCC[C@H]1C(=O)N[C@@H](Cc1ccc(-c2ccc3c(c2)sc(=O)n3CCO[Si](C)(C)C(C)(C)C)cc1)C(N)=O. The van der Waals surface area contributed by atoms with Crippen LogP contribution in [0.3, 0.4) is 0 Å². The first-order valence-electron chi connectivity index (χ1n) is 16.3. The number of primary amides is 1. The summed E-state index contributed by atoms with van der Waals surface area (Å²) >= 11 is 1.23. The van der Waals surface area contributed by atoms with Gasteiger partial charge >= 0.3 is 11.0 Å². The number of carbonyl (C=O) groups is 3. The molecule has 2 atom stereocenters. The number of likely N-dealkylation sites (tertiary alicyclic amines) is 1. The molecule has 0 spiro atoms. The molecule has 4 rings (SSSR count). The molecule has 12 heteroatoms. The summed E-state index contributed by atoms with van der Waals surface area (Å²) in [5.74, 6) is -1.07. The van der Waals surface area contributed by atoms with Gasteiger partial charge in [-0.15, -0.1) is 0 Å². The van der Waals surface area contributed by atoms with Crippen LogP contribution in [0.5, 0.6) is 0 Å². The van der Waals surface area contributed by atoms with Gasteiger partial charge in [-0.25, -0.2) is 4.79 Å². The monoisotopic (exact) mass is 682 g/mol. The lowest BCUT2D eigenvalue weighted by atomic mass is 9.99. The van der Waals surface area contributed by atoms with Gasteiger partial charge in [-0.1, -0.05) is 62.4 Å². The molecule has 0 saturated carbocycles. The second kappa shape index (κ2) is 14.3. The van der Waals surface area contributed by atoms with E-state index in [1.165, 1.54) is 16.2 Å². The molecule has 1 fully saturated rings. The summed E-state index contributed by atoms with van der Waals surface area (Å²) in [6.45, 7) is 17.8. The summed E-state index contributed by atoms with van der Waals surface area (Å²) < 4.78 is 14.5. The lowest BCUT2D eigenvalue weighted by Gasteiger charge is -2.36. The second-order valence-electron chi connectivity index (χ2n) is 14.9. The second-order valence-corrected chi connectivity index (χ2v) is 20.7. The van der Waals surface area contributed by atoms with E-state index in [2.05, 4.69) is 39.2 Å². The summed E-state index contributed by atoms with van der Waals surface area (Å²) in [6.07, 6.45) is 1.72. The van der Waals surface area contributed by atoms with Crippen molar-refractivity contribution in [3.05, 3.63) is 57.7 Å². The number of ether oxygens (including phenoxy) is 1. The number of rotatable bonds is 10. The Balaban J connectivity index is 1.42. The van der Waals surface area contributed by atoms with Crippen molar-refractivity contribution < 1.29 is 23.5 Å². The predicted octanol–water partition coefficient (Wildman–Crippen LogP) is 6.05. The average Bonchev–Trinajstić information content (AvgIpc) is 3.29. The third-order valence-corrected chi connectivity index (χ3v) is 14.6. The highest BCUT2D eigenvalue weighted by Crippen LogP contribution is 2.36. The van der Waals surface area contributed by atoms with E-state index < -0.39 is 43.9 Å². The molecule has 0 unspecified atom stereocenters. The lowest BCUT2D eigenvalue weighted by Crippen LogP contribution is -2.56. The molecule has 0 bridgehead atoms. The van der Waals surface area contributed by atoms with E-state index in [4.69, 9.17) is 14.9 Å². The number of nitrogens with one attached hydrogen (secondary N) is 1. The van der Waals surface area contributed by atoms with Crippen LogP contribution in [0.4, 0.5) is 4.79 Å². The molecule has 3 amide bonds. The third-order valence-electron chi connectivity index (χ3n) is 9.07. The van der Waals surface area contributed by atoms with Crippen molar-refractivity contribution in [1.82, 2.24) is 14.8 Å². The van der Waals surface area contributed by atoms with Crippen molar-refractivity contribution in [2.24, 2.45) is 5.73 Å². The Morgan fingerprint density at radius 3 is 2.30 bits per heavy atom. The van der Waals surface area contributed by atoms with Gasteiger partial charge in [-0.05, 0) is 87.0 Å². The van der Waals surface area contributed by atoms with Gasteiger partial charge in [0.25, 0.3) is 0 Å². The molecule has 1 aliphatic rings. The van der Waals surface area contributed by atoms with Gasteiger partial charge in [0, 0.05) is 19.5 Å². The zero-order valence-corrected chi connectivity index (χ0v) is 30.8. The van der Waals surface area contributed by atoms with E-state index in [1.54, 1.807) is 25.3 Å². The summed E-state index contributed by atoms with van der Waals surface area (Å²) in [4.78, 5) is 52.8. The van der Waals surface area contributed by atoms with Crippen LogP contribution in [0.25, 0.3) is 21.3 Å². The summed E-state index contributed by atoms with van der Waals surface area (Å²) in [7, 11) is -1.91. The fraction of sp³-hybridized carbons (Fsp3) is 0.543. The number of hydrogen-bond acceptors (Lipinski definition) is 7. The first kappa shape index (κ1) is 36.4. The van der Waals surface area contributed by atoms with Crippen LogP contribution in [0.2, 0.25) is 18.1 Å². The number of fused-ring (bicyclic) bond motifs is 1. The Labute approximate surface area is 282 Å².